The summed E-state index contributed by atoms with van der Waals surface area (Å²) < 4.78 is 35.6. The summed E-state index contributed by atoms with van der Waals surface area (Å²) in [4.78, 5) is 11.7. The van der Waals surface area contributed by atoms with Gasteiger partial charge in [-0.1, -0.05) is 43.2 Å². The standard InChI is InChI=1S/C24H26N4O4S/c1-28-21-13-19(10-11-22(21)32-24(28)29)18-8-6-16(7-9-18)12-17(14-25)15-27-33(30,31)23-5-3-2-4-20(23)26/h6-11,13,15,17,20,23H,2-5,12,26H2,1H3/b27-15+. The Hall–Kier alpha value is -3.22. The molecule has 1 heterocycles. The molecule has 2 aromatic carbocycles. The van der Waals surface area contributed by atoms with E-state index in [0.29, 0.717) is 30.4 Å². The van der Waals surface area contributed by atoms with E-state index in [1.54, 1.807) is 13.1 Å². The molecule has 0 amide bonds. The molecule has 0 radical (unpaired) electrons. The fraction of sp³-hybridized carbons (Fsp3) is 0.375. The van der Waals surface area contributed by atoms with E-state index in [-0.39, 0.29) is 0 Å². The van der Waals surface area contributed by atoms with Gasteiger partial charge in [-0.2, -0.15) is 9.66 Å². The molecule has 0 aliphatic heterocycles. The third-order valence-corrected chi connectivity index (χ3v) is 7.99. The molecule has 4 rings (SSSR count). The monoisotopic (exact) mass is 466 g/mol. The zero-order valence-corrected chi connectivity index (χ0v) is 19.2. The first-order valence-corrected chi connectivity index (χ1v) is 12.4. The van der Waals surface area contributed by atoms with Crippen LogP contribution in [0.2, 0.25) is 0 Å². The van der Waals surface area contributed by atoms with E-state index >= 15 is 0 Å². The molecule has 0 bridgehead atoms. The van der Waals surface area contributed by atoms with Crippen LogP contribution in [-0.4, -0.2) is 30.5 Å². The van der Waals surface area contributed by atoms with Crippen LogP contribution in [0.3, 0.4) is 0 Å². The van der Waals surface area contributed by atoms with E-state index in [2.05, 4.69) is 10.5 Å². The molecule has 0 saturated heterocycles. The van der Waals surface area contributed by atoms with E-state index in [1.165, 1.54) is 10.8 Å². The summed E-state index contributed by atoms with van der Waals surface area (Å²) >= 11 is 0. The highest BCUT2D eigenvalue weighted by Gasteiger charge is 2.33. The van der Waals surface area contributed by atoms with E-state index < -0.39 is 33.0 Å². The van der Waals surface area contributed by atoms with Crippen LogP contribution < -0.4 is 11.5 Å². The highest BCUT2D eigenvalue weighted by molar-refractivity contribution is 7.90. The van der Waals surface area contributed by atoms with E-state index in [1.807, 2.05) is 36.4 Å². The first kappa shape index (κ1) is 23.0. The second-order valence-corrected chi connectivity index (χ2v) is 10.3. The van der Waals surface area contributed by atoms with Crippen LogP contribution in [0.4, 0.5) is 0 Å². The number of aromatic nitrogens is 1. The summed E-state index contributed by atoms with van der Waals surface area (Å²) in [6.07, 6.45) is 4.53. The van der Waals surface area contributed by atoms with Crippen LogP contribution in [-0.2, 0) is 23.5 Å². The number of nitriles is 1. The van der Waals surface area contributed by atoms with Crippen molar-refractivity contribution in [1.29, 1.82) is 5.26 Å². The Labute approximate surface area is 192 Å². The molecular weight excluding hydrogens is 440 g/mol. The second kappa shape index (κ2) is 9.33. The van der Waals surface area contributed by atoms with Gasteiger partial charge >= 0.3 is 5.76 Å². The van der Waals surface area contributed by atoms with Gasteiger partial charge in [-0.3, -0.25) is 4.57 Å². The Morgan fingerprint density at radius 3 is 2.61 bits per heavy atom. The van der Waals surface area contributed by atoms with Crippen molar-refractivity contribution in [1.82, 2.24) is 4.57 Å². The quantitative estimate of drug-likeness (QED) is 0.555. The van der Waals surface area contributed by atoms with Crippen molar-refractivity contribution >= 4 is 27.3 Å². The number of benzene rings is 2. The average Bonchev–Trinajstić information content (AvgIpc) is 3.10. The molecule has 172 valence electrons. The number of rotatable bonds is 6. The molecule has 33 heavy (non-hydrogen) atoms. The third kappa shape index (κ3) is 4.92. The molecular formula is C24H26N4O4S. The number of oxazole rings is 1. The maximum atomic E-state index is 12.6. The van der Waals surface area contributed by atoms with Crippen LogP contribution in [0.1, 0.15) is 31.2 Å². The van der Waals surface area contributed by atoms with Gasteiger partial charge in [0.15, 0.2) is 5.58 Å². The van der Waals surface area contributed by atoms with Crippen molar-refractivity contribution in [2.45, 2.75) is 43.4 Å². The Kier molecular flexibility index (Phi) is 6.49. The van der Waals surface area contributed by atoms with Gasteiger partial charge < -0.3 is 10.2 Å². The van der Waals surface area contributed by atoms with Gasteiger partial charge in [0.1, 0.15) is 0 Å². The fourth-order valence-electron chi connectivity index (χ4n) is 4.26. The van der Waals surface area contributed by atoms with Crippen molar-refractivity contribution in [3.8, 4) is 17.2 Å². The molecule has 2 N–H and O–H groups in total. The van der Waals surface area contributed by atoms with Gasteiger partial charge in [-0.15, -0.1) is 0 Å². The van der Waals surface area contributed by atoms with Crippen LogP contribution in [0.25, 0.3) is 22.2 Å². The molecule has 1 fully saturated rings. The minimum atomic E-state index is -3.73. The lowest BCUT2D eigenvalue weighted by atomic mass is 9.96. The predicted molar refractivity (Wildman–Crippen MR) is 127 cm³/mol. The summed E-state index contributed by atoms with van der Waals surface area (Å²) in [5, 5.41) is 8.84. The molecule has 1 aromatic heterocycles. The molecule has 1 saturated carbocycles. The molecule has 9 heteroatoms. The molecule has 1 aliphatic carbocycles. The molecule has 1 aliphatic rings. The van der Waals surface area contributed by atoms with Crippen LogP contribution in [0.5, 0.6) is 0 Å². The third-order valence-electron chi connectivity index (χ3n) is 6.22. The number of sulfonamides is 1. The summed E-state index contributed by atoms with van der Waals surface area (Å²) in [7, 11) is -2.07. The van der Waals surface area contributed by atoms with Gasteiger partial charge in [-0.05, 0) is 48.1 Å². The minimum Gasteiger partial charge on any atom is -0.408 e. The summed E-state index contributed by atoms with van der Waals surface area (Å²) in [5.41, 5.74) is 10.00. The zero-order valence-electron chi connectivity index (χ0n) is 18.3. The topological polar surface area (TPSA) is 131 Å². The Bertz CT molecular complexity index is 1380. The van der Waals surface area contributed by atoms with Gasteiger partial charge in [0.25, 0.3) is 10.0 Å². The van der Waals surface area contributed by atoms with Crippen molar-refractivity contribution in [3.63, 3.8) is 0 Å². The average molecular weight is 467 g/mol. The summed E-state index contributed by atoms with van der Waals surface area (Å²) in [5.74, 6) is -1.07. The smallest absolute Gasteiger partial charge is 0.408 e. The largest absolute Gasteiger partial charge is 0.419 e. The van der Waals surface area contributed by atoms with Gasteiger partial charge in [0.2, 0.25) is 0 Å². The van der Waals surface area contributed by atoms with Gasteiger partial charge in [-0.25, -0.2) is 13.2 Å². The molecule has 3 atom stereocenters. The minimum absolute atomic E-state index is 0.349. The normalized spacial score (nSPS) is 20.2. The lowest BCUT2D eigenvalue weighted by Gasteiger charge is -2.26. The van der Waals surface area contributed by atoms with Crippen molar-refractivity contribution in [2.24, 2.45) is 23.1 Å². The van der Waals surface area contributed by atoms with E-state index in [0.717, 1.165) is 29.5 Å². The van der Waals surface area contributed by atoms with Crippen LogP contribution in [0.15, 0.2) is 56.1 Å². The van der Waals surface area contributed by atoms with Crippen LogP contribution in [0, 0.1) is 17.2 Å². The first-order chi connectivity index (χ1) is 15.8. The summed E-state index contributed by atoms with van der Waals surface area (Å²) in [6.45, 7) is 0. The number of nitrogens with zero attached hydrogens (tertiary/aromatic N) is 3. The number of hydrogen-bond donors (Lipinski definition) is 1. The molecule has 0 spiro atoms. The Morgan fingerprint density at radius 1 is 1.21 bits per heavy atom. The Balaban J connectivity index is 1.47. The molecule has 3 aromatic rings. The number of hydrogen-bond acceptors (Lipinski definition) is 6. The Morgan fingerprint density at radius 2 is 1.91 bits per heavy atom. The first-order valence-electron chi connectivity index (χ1n) is 10.9. The van der Waals surface area contributed by atoms with E-state index in [9.17, 15) is 18.5 Å². The highest BCUT2D eigenvalue weighted by Crippen LogP contribution is 2.26. The van der Waals surface area contributed by atoms with Gasteiger partial charge in [0.05, 0.1) is 22.8 Å². The number of nitrogens with two attached hydrogens (primary N) is 1. The maximum absolute atomic E-state index is 12.6. The maximum Gasteiger partial charge on any atom is 0.419 e. The van der Waals surface area contributed by atoms with Gasteiger partial charge in [0, 0.05) is 19.3 Å². The lowest BCUT2D eigenvalue weighted by molar-refractivity contribution is 0.432. The zero-order chi connectivity index (χ0) is 23.6. The van der Waals surface area contributed by atoms with Crippen LogP contribution >= 0.6 is 0 Å². The molecule has 3 unspecified atom stereocenters. The number of aryl methyl sites for hydroxylation is 1. The SMILES string of the molecule is Cn1c(=O)oc2ccc(-c3ccc(CC(C#N)/C=N/S(=O)(=O)C4CCCCC4N)cc3)cc21. The second-order valence-electron chi connectivity index (χ2n) is 8.50. The van der Waals surface area contributed by atoms with Crippen molar-refractivity contribution < 1.29 is 12.8 Å². The fourth-order valence-corrected chi connectivity index (χ4v) is 5.77. The van der Waals surface area contributed by atoms with Crippen molar-refractivity contribution in [2.75, 3.05) is 0 Å². The number of fused-ring (bicyclic) bond motifs is 1. The highest BCUT2D eigenvalue weighted by atomic mass is 32.2. The predicted octanol–water partition coefficient (Wildman–Crippen LogP) is 3.15. The van der Waals surface area contributed by atoms with E-state index in [4.69, 9.17) is 10.2 Å². The molecule has 8 nitrogen and oxygen atoms in total. The lowest BCUT2D eigenvalue weighted by Crippen LogP contribution is -2.42. The summed E-state index contributed by atoms with van der Waals surface area (Å²) in [6, 6.07) is 14.9. The van der Waals surface area contributed by atoms with Crippen molar-refractivity contribution in [3.05, 3.63) is 58.6 Å².